The lowest BCUT2D eigenvalue weighted by Gasteiger charge is -2.36. The van der Waals surface area contributed by atoms with E-state index in [1.807, 2.05) is 35.4 Å². The number of carbonyl (C=O) groups is 1. The van der Waals surface area contributed by atoms with Crippen molar-refractivity contribution in [2.75, 3.05) is 6.54 Å². The number of amides is 1. The molecule has 1 amide bonds. The summed E-state index contributed by atoms with van der Waals surface area (Å²) in [5.41, 5.74) is 5.25. The molecule has 28 heavy (non-hydrogen) atoms. The maximum atomic E-state index is 13.0. The Bertz CT molecular complexity index is 1000. The maximum absolute atomic E-state index is 13.0. The zero-order valence-electron chi connectivity index (χ0n) is 15.5. The van der Waals surface area contributed by atoms with Crippen molar-refractivity contribution < 1.29 is 4.79 Å². The highest BCUT2D eigenvalue weighted by Crippen LogP contribution is 2.36. The molecule has 0 saturated carbocycles. The van der Waals surface area contributed by atoms with Gasteiger partial charge in [-0.2, -0.15) is 0 Å². The third-order valence-corrected chi connectivity index (χ3v) is 6.09. The lowest BCUT2D eigenvalue weighted by molar-refractivity contribution is -0.133. The summed E-state index contributed by atoms with van der Waals surface area (Å²) in [5, 5.41) is 1.06. The monoisotopic (exact) mass is 410 g/mol. The second-order valence-electron chi connectivity index (χ2n) is 6.98. The molecule has 0 unspecified atom stereocenters. The van der Waals surface area contributed by atoms with E-state index < -0.39 is 0 Å². The van der Waals surface area contributed by atoms with E-state index in [4.69, 9.17) is 23.2 Å². The highest BCUT2D eigenvalue weighted by Gasteiger charge is 2.29. The minimum atomic E-state index is -0.0128. The molecule has 1 aromatic heterocycles. The quantitative estimate of drug-likeness (QED) is 0.550. The van der Waals surface area contributed by atoms with Crippen LogP contribution in [0.2, 0.25) is 10.0 Å². The van der Waals surface area contributed by atoms with E-state index in [1.165, 1.54) is 11.1 Å². The van der Waals surface area contributed by atoms with Crippen molar-refractivity contribution >= 4 is 29.1 Å². The van der Waals surface area contributed by atoms with Gasteiger partial charge in [0, 0.05) is 28.4 Å². The van der Waals surface area contributed by atoms with Crippen molar-refractivity contribution in [2.24, 2.45) is 0 Å². The molecule has 3 aromatic rings. The number of rotatable bonds is 3. The van der Waals surface area contributed by atoms with E-state index >= 15 is 0 Å². The van der Waals surface area contributed by atoms with Gasteiger partial charge in [0.25, 0.3) is 0 Å². The van der Waals surface area contributed by atoms with Crippen molar-refractivity contribution in [3.8, 4) is 11.3 Å². The van der Waals surface area contributed by atoms with Gasteiger partial charge in [-0.15, -0.1) is 0 Å². The summed E-state index contributed by atoms with van der Waals surface area (Å²) in [4.78, 5) is 19.5. The maximum Gasteiger partial charge on any atom is 0.227 e. The second-order valence-corrected chi connectivity index (χ2v) is 7.79. The molecule has 4 rings (SSSR count). The normalized spacial score (nSPS) is 16.0. The van der Waals surface area contributed by atoms with E-state index in [-0.39, 0.29) is 18.4 Å². The summed E-state index contributed by atoms with van der Waals surface area (Å²) in [6.45, 7) is 2.74. The first-order valence-electron chi connectivity index (χ1n) is 9.32. The molecule has 0 aliphatic carbocycles. The fourth-order valence-electron chi connectivity index (χ4n) is 3.93. The van der Waals surface area contributed by atoms with Crippen LogP contribution in [0, 0.1) is 0 Å². The molecule has 0 saturated heterocycles. The van der Waals surface area contributed by atoms with E-state index in [0.29, 0.717) is 22.2 Å². The molecule has 2 aromatic carbocycles. The number of nitrogens with zero attached hydrogens (tertiary/aromatic N) is 2. The van der Waals surface area contributed by atoms with Crippen molar-refractivity contribution in [3.05, 3.63) is 87.5 Å². The average Bonchev–Trinajstić information content (AvgIpc) is 2.71. The summed E-state index contributed by atoms with van der Waals surface area (Å²) in [6.07, 6.45) is 2.82. The van der Waals surface area contributed by atoms with Crippen LogP contribution in [0.15, 0.2) is 60.8 Å². The third kappa shape index (κ3) is 3.52. The van der Waals surface area contributed by atoms with Gasteiger partial charge < -0.3 is 4.90 Å². The van der Waals surface area contributed by atoms with Crippen LogP contribution in [0.25, 0.3) is 11.3 Å². The summed E-state index contributed by atoms with van der Waals surface area (Å²) in [5.74, 6) is 0.0383. The van der Waals surface area contributed by atoms with Gasteiger partial charge in [0.1, 0.15) is 0 Å². The van der Waals surface area contributed by atoms with Crippen LogP contribution in [-0.2, 0) is 17.6 Å². The van der Waals surface area contributed by atoms with Gasteiger partial charge in [0.2, 0.25) is 5.91 Å². The lowest BCUT2D eigenvalue weighted by Crippen LogP contribution is -2.40. The van der Waals surface area contributed by atoms with Gasteiger partial charge in [-0.05, 0) is 54.3 Å². The Morgan fingerprint density at radius 2 is 1.82 bits per heavy atom. The fourth-order valence-corrected chi connectivity index (χ4v) is 4.46. The summed E-state index contributed by atoms with van der Waals surface area (Å²) in [6, 6.07) is 17.5. The second kappa shape index (κ2) is 7.94. The van der Waals surface area contributed by atoms with E-state index in [2.05, 4.69) is 24.0 Å². The first kappa shape index (κ1) is 19.0. The standard InChI is InChI=1S/C23H20Cl2N2O/c1-15-16-6-4-7-18(22-10-2-3-12-26-22)17(16)11-13-27(15)23(28)14-19-20(24)8-5-9-21(19)25/h2-10,12,15H,11,13-14H2,1H3/t15-/m0/s1. The minimum absolute atomic E-state index is 0.0128. The van der Waals surface area contributed by atoms with Gasteiger partial charge in [-0.1, -0.05) is 53.5 Å². The minimum Gasteiger partial charge on any atom is -0.335 e. The SMILES string of the molecule is C[C@H]1c2cccc(-c3ccccn3)c2CCN1C(=O)Cc1c(Cl)cccc1Cl. The number of fused-ring (bicyclic) bond motifs is 1. The van der Waals surface area contributed by atoms with Gasteiger partial charge in [-0.3, -0.25) is 9.78 Å². The molecule has 3 nitrogen and oxygen atoms in total. The lowest BCUT2D eigenvalue weighted by atomic mass is 9.88. The predicted octanol–water partition coefficient (Wildman–Crippen LogP) is 5.74. The summed E-state index contributed by atoms with van der Waals surface area (Å²) in [7, 11) is 0. The molecule has 142 valence electrons. The third-order valence-electron chi connectivity index (χ3n) is 5.38. The number of halogens is 2. The number of hydrogen-bond acceptors (Lipinski definition) is 2. The Morgan fingerprint density at radius 1 is 1.07 bits per heavy atom. The van der Waals surface area contributed by atoms with Gasteiger partial charge >= 0.3 is 0 Å². The molecule has 1 aliphatic rings. The zero-order valence-corrected chi connectivity index (χ0v) is 17.0. The van der Waals surface area contributed by atoms with Crippen LogP contribution in [0.3, 0.4) is 0 Å². The zero-order chi connectivity index (χ0) is 19.7. The molecule has 0 fully saturated rings. The molecule has 0 bridgehead atoms. The highest BCUT2D eigenvalue weighted by molar-refractivity contribution is 6.36. The van der Waals surface area contributed by atoms with Crippen LogP contribution in [-0.4, -0.2) is 22.3 Å². The summed E-state index contributed by atoms with van der Waals surface area (Å²) >= 11 is 12.5. The highest BCUT2D eigenvalue weighted by atomic mass is 35.5. The molecule has 1 atom stereocenters. The van der Waals surface area contributed by atoms with Gasteiger partial charge in [0.05, 0.1) is 18.2 Å². The van der Waals surface area contributed by atoms with Crippen LogP contribution >= 0.6 is 23.2 Å². The number of carbonyl (C=O) groups excluding carboxylic acids is 1. The molecule has 0 spiro atoms. The van der Waals surface area contributed by atoms with E-state index in [9.17, 15) is 4.79 Å². The molecule has 5 heteroatoms. The number of hydrogen-bond donors (Lipinski definition) is 0. The van der Waals surface area contributed by atoms with Crippen LogP contribution < -0.4 is 0 Å². The number of benzene rings is 2. The number of aromatic nitrogens is 1. The number of pyridine rings is 1. The van der Waals surface area contributed by atoms with Crippen molar-refractivity contribution in [1.29, 1.82) is 0 Å². The Kier molecular flexibility index (Phi) is 5.38. The van der Waals surface area contributed by atoms with Crippen LogP contribution in [0.5, 0.6) is 0 Å². The van der Waals surface area contributed by atoms with E-state index in [1.54, 1.807) is 18.2 Å². The first-order chi connectivity index (χ1) is 13.6. The van der Waals surface area contributed by atoms with Crippen molar-refractivity contribution in [2.45, 2.75) is 25.8 Å². The average molecular weight is 411 g/mol. The Balaban J connectivity index is 1.62. The fraction of sp³-hybridized carbons (Fsp3) is 0.217. The Labute approximate surface area is 174 Å². The Hall–Kier alpha value is -2.36. The summed E-state index contributed by atoms with van der Waals surface area (Å²) < 4.78 is 0. The Morgan fingerprint density at radius 3 is 2.54 bits per heavy atom. The first-order valence-corrected chi connectivity index (χ1v) is 10.1. The smallest absolute Gasteiger partial charge is 0.227 e. The van der Waals surface area contributed by atoms with Crippen molar-refractivity contribution in [1.82, 2.24) is 9.88 Å². The topological polar surface area (TPSA) is 33.2 Å². The molecule has 2 heterocycles. The predicted molar refractivity (Wildman–Crippen MR) is 114 cm³/mol. The molecule has 1 aliphatic heterocycles. The van der Waals surface area contributed by atoms with Gasteiger partial charge in [-0.25, -0.2) is 0 Å². The van der Waals surface area contributed by atoms with Crippen LogP contribution in [0.4, 0.5) is 0 Å². The molecular weight excluding hydrogens is 391 g/mol. The van der Waals surface area contributed by atoms with Gasteiger partial charge in [0.15, 0.2) is 0 Å². The molecule has 0 radical (unpaired) electrons. The molecule has 0 N–H and O–H groups in total. The molecular formula is C23H20Cl2N2O. The largest absolute Gasteiger partial charge is 0.335 e. The van der Waals surface area contributed by atoms with E-state index in [0.717, 1.165) is 17.7 Å². The van der Waals surface area contributed by atoms with Crippen LogP contribution in [0.1, 0.15) is 29.7 Å². The van der Waals surface area contributed by atoms with Crippen molar-refractivity contribution in [3.63, 3.8) is 0 Å².